The fourth-order valence-electron chi connectivity index (χ4n) is 2.43. The number of hydrogen-bond acceptors (Lipinski definition) is 4. The third-order valence-corrected chi connectivity index (χ3v) is 3.78. The lowest BCUT2D eigenvalue weighted by atomic mass is 10.1. The Balaban J connectivity index is 2.06. The Kier molecular flexibility index (Phi) is 10.2. The average Bonchev–Trinajstić information content (AvgIpc) is 2.56. The second-order valence-corrected chi connectivity index (χ2v) is 5.90. The van der Waals surface area contributed by atoms with E-state index in [1.54, 1.807) is 6.07 Å². The molecule has 0 spiro atoms. The maximum atomic E-state index is 11.6. The summed E-state index contributed by atoms with van der Waals surface area (Å²) in [4.78, 5) is 21.8. The first-order valence-electron chi connectivity index (χ1n) is 8.81. The maximum absolute atomic E-state index is 11.6. The van der Waals surface area contributed by atoms with Gasteiger partial charge in [-0.15, -0.1) is 0 Å². The van der Waals surface area contributed by atoms with Crippen LogP contribution in [0.3, 0.4) is 0 Å². The van der Waals surface area contributed by atoms with E-state index in [0.717, 1.165) is 12.8 Å². The van der Waals surface area contributed by atoms with Crippen molar-refractivity contribution in [1.82, 2.24) is 0 Å². The molecule has 1 rings (SSSR count). The molecule has 1 aromatic carbocycles. The van der Waals surface area contributed by atoms with E-state index in [4.69, 9.17) is 4.74 Å². The number of non-ortho nitro benzene ring substituents is 1. The zero-order valence-corrected chi connectivity index (χ0v) is 14.5. The van der Waals surface area contributed by atoms with Gasteiger partial charge in [0, 0.05) is 12.1 Å². The molecule has 0 bridgehead atoms. The molecule has 0 fully saturated rings. The molecule has 0 aliphatic rings. The molecule has 0 radical (unpaired) electrons. The fourth-order valence-corrected chi connectivity index (χ4v) is 2.43. The molecule has 0 aliphatic carbocycles. The fraction of sp³-hybridized carbons (Fsp3) is 0.611. The molecule has 24 heavy (non-hydrogen) atoms. The molecule has 0 saturated heterocycles. The van der Waals surface area contributed by atoms with Crippen LogP contribution in [0.1, 0.15) is 64.7 Å². The van der Waals surface area contributed by atoms with Gasteiger partial charge in [-0.1, -0.05) is 64.4 Å². The number of carbonyl (C=O) groups is 1. The Morgan fingerprint density at radius 1 is 1.08 bits per heavy atom. The van der Waals surface area contributed by atoms with E-state index in [9.17, 15) is 14.9 Å². The van der Waals surface area contributed by atoms with Crippen LogP contribution < -0.4 is 5.32 Å². The number of anilines is 1. The molecule has 0 unspecified atom stereocenters. The van der Waals surface area contributed by atoms with Crippen molar-refractivity contribution >= 4 is 17.5 Å². The van der Waals surface area contributed by atoms with Gasteiger partial charge in [-0.3, -0.25) is 15.4 Å². The topological polar surface area (TPSA) is 81.5 Å². The predicted octanol–water partition coefficient (Wildman–Crippen LogP) is 5.67. The van der Waals surface area contributed by atoms with Crippen molar-refractivity contribution < 1.29 is 14.5 Å². The van der Waals surface area contributed by atoms with E-state index >= 15 is 0 Å². The van der Waals surface area contributed by atoms with Crippen molar-refractivity contribution in [3.63, 3.8) is 0 Å². The summed E-state index contributed by atoms with van der Waals surface area (Å²) in [7, 11) is 0. The number of unbranched alkanes of at least 4 members (excludes halogenated alkanes) is 8. The van der Waals surface area contributed by atoms with Crippen molar-refractivity contribution in [2.24, 2.45) is 0 Å². The Morgan fingerprint density at radius 2 is 1.71 bits per heavy atom. The van der Waals surface area contributed by atoms with Gasteiger partial charge in [0.1, 0.15) is 0 Å². The second-order valence-electron chi connectivity index (χ2n) is 5.90. The number of rotatable bonds is 12. The first-order valence-corrected chi connectivity index (χ1v) is 8.81. The number of nitrogens with one attached hydrogen (secondary N) is 1. The maximum Gasteiger partial charge on any atom is 0.411 e. The number of carbonyl (C=O) groups excluding carboxylic acids is 1. The van der Waals surface area contributed by atoms with Crippen molar-refractivity contribution in [3.8, 4) is 0 Å². The molecule has 0 atom stereocenters. The van der Waals surface area contributed by atoms with E-state index in [2.05, 4.69) is 12.2 Å². The third-order valence-electron chi connectivity index (χ3n) is 3.78. The summed E-state index contributed by atoms with van der Waals surface area (Å²) in [6.45, 7) is 2.59. The van der Waals surface area contributed by atoms with Crippen LogP contribution in [0.2, 0.25) is 0 Å². The van der Waals surface area contributed by atoms with E-state index < -0.39 is 11.0 Å². The number of amides is 1. The summed E-state index contributed by atoms with van der Waals surface area (Å²) in [6.07, 6.45) is 10.3. The Labute approximate surface area is 143 Å². The van der Waals surface area contributed by atoms with Crippen molar-refractivity contribution in [2.75, 3.05) is 11.9 Å². The van der Waals surface area contributed by atoms with Crippen LogP contribution in [0.4, 0.5) is 16.2 Å². The van der Waals surface area contributed by atoms with Gasteiger partial charge in [-0.05, 0) is 12.5 Å². The lowest BCUT2D eigenvalue weighted by Crippen LogP contribution is -2.14. The van der Waals surface area contributed by atoms with Crippen molar-refractivity contribution in [1.29, 1.82) is 0 Å². The average molecular weight is 336 g/mol. The second kappa shape index (κ2) is 12.3. The lowest BCUT2D eigenvalue weighted by Gasteiger charge is -2.07. The number of benzene rings is 1. The van der Waals surface area contributed by atoms with Crippen LogP contribution in [0.5, 0.6) is 0 Å². The Morgan fingerprint density at radius 3 is 2.33 bits per heavy atom. The molecular weight excluding hydrogens is 308 g/mol. The van der Waals surface area contributed by atoms with Crippen LogP contribution in [0.25, 0.3) is 0 Å². The first kappa shape index (κ1) is 19.9. The monoisotopic (exact) mass is 336 g/mol. The number of nitro groups is 1. The van der Waals surface area contributed by atoms with Crippen molar-refractivity contribution in [3.05, 3.63) is 34.4 Å². The molecule has 1 aromatic rings. The molecule has 6 heteroatoms. The minimum atomic E-state index is -0.574. The van der Waals surface area contributed by atoms with E-state index in [0.29, 0.717) is 12.3 Å². The number of hydrogen-bond donors (Lipinski definition) is 1. The minimum Gasteiger partial charge on any atom is -0.449 e. The van der Waals surface area contributed by atoms with E-state index in [-0.39, 0.29) is 5.69 Å². The van der Waals surface area contributed by atoms with Gasteiger partial charge in [0.05, 0.1) is 17.2 Å². The summed E-state index contributed by atoms with van der Waals surface area (Å²) in [5.41, 5.74) is 0.299. The summed E-state index contributed by atoms with van der Waals surface area (Å²) < 4.78 is 5.09. The highest BCUT2D eigenvalue weighted by Gasteiger charge is 2.08. The minimum absolute atomic E-state index is 0.0632. The van der Waals surface area contributed by atoms with Crippen molar-refractivity contribution in [2.45, 2.75) is 64.7 Å². The van der Waals surface area contributed by atoms with Gasteiger partial charge in [0.15, 0.2) is 0 Å². The molecule has 0 aromatic heterocycles. The summed E-state index contributed by atoms with van der Waals surface area (Å²) in [5, 5.41) is 13.2. The predicted molar refractivity (Wildman–Crippen MR) is 95.3 cm³/mol. The standard InChI is InChI=1S/C18H28N2O4/c1-2-3-4-5-6-7-8-9-10-14-24-18(21)19-16-12-11-13-17(15-16)20(22)23/h11-13,15H,2-10,14H2,1H3,(H,19,21). The number of nitro benzene ring substituents is 1. The molecule has 1 amide bonds. The lowest BCUT2D eigenvalue weighted by molar-refractivity contribution is -0.384. The largest absolute Gasteiger partial charge is 0.449 e. The Hall–Kier alpha value is -2.11. The smallest absolute Gasteiger partial charge is 0.411 e. The van der Waals surface area contributed by atoms with Gasteiger partial charge in [0.2, 0.25) is 0 Å². The molecular formula is C18H28N2O4. The van der Waals surface area contributed by atoms with Gasteiger partial charge in [-0.2, -0.15) is 0 Å². The first-order chi connectivity index (χ1) is 11.6. The third kappa shape index (κ3) is 9.12. The molecule has 0 saturated carbocycles. The van der Waals surface area contributed by atoms with E-state index in [1.165, 1.54) is 63.1 Å². The number of nitrogens with zero attached hydrogens (tertiary/aromatic N) is 1. The zero-order chi connectivity index (χ0) is 17.6. The summed E-state index contributed by atoms with van der Waals surface area (Å²) in [5.74, 6) is 0. The molecule has 134 valence electrons. The quantitative estimate of drug-likeness (QED) is 0.303. The summed E-state index contributed by atoms with van der Waals surface area (Å²) in [6, 6.07) is 5.79. The van der Waals surface area contributed by atoms with Gasteiger partial charge in [0.25, 0.3) is 5.69 Å². The SMILES string of the molecule is CCCCCCCCCCCOC(=O)Nc1cccc([N+](=O)[O-])c1. The Bertz CT molecular complexity index is 506. The normalized spacial score (nSPS) is 10.4. The summed E-state index contributed by atoms with van der Waals surface area (Å²) >= 11 is 0. The van der Waals surface area contributed by atoms with Crippen LogP contribution in [0.15, 0.2) is 24.3 Å². The highest BCUT2D eigenvalue weighted by molar-refractivity contribution is 5.85. The molecule has 6 nitrogen and oxygen atoms in total. The van der Waals surface area contributed by atoms with Gasteiger partial charge < -0.3 is 4.74 Å². The van der Waals surface area contributed by atoms with Crippen LogP contribution >= 0.6 is 0 Å². The van der Waals surface area contributed by atoms with Crippen LogP contribution in [0, 0.1) is 10.1 Å². The highest BCUT2D eigenvalue weighted by Crippen LogP contribution is 2.17. The van der Waals surface area contributed by atoms with Crippen LogP contribution in [-0.4, -0.2) is 17.6 Å². The van der Waals surface area contributed by atoms with Gasteiger partial charge in [-0.25, -0.2) is 4.79 Å². The molecule has 1 N–H and O–H groups in total. The molecule has 0 heterocycles. The zero-order valence-electron chi connectivity index (χ0n) is 14.5. The number of ether oxygens (including phenoxy) is 1. The van der Waals surface area contributed by atoms with E-state index in [1.807, 2.05) is 0 Å². The molecule has 0 aliphatic heterocycles. The van der Waals surface area contributed by atoms with Crippen LogP contribution in [-0.2, 0) is 4.74 Å². The van der Waals surface area contributed by atoms with Gasteiger partial charge >= 0.3 is 6.09 Å². The highest BCUT2D eigenvalue weighted by atomic mass is 16.6.